The molecular formula is C20H16S. The fraction of sp³-hybridized carbons (Fsp3) is 0.100. The molecule has 1 aliphatic carbocycles. The number of hydrogen-bond donors (Lipinski definition) is 0. The quantitative estimate of drug-likeness (QED) is 0.635. The van der Waals surface area contributed by atoms with Crippen LogP contribution in [0.4, 0.5) is 0 Å². The Labute approximate surface area is 128 Å². The molecular weight excluding hydrogens is 272 g/mol. The molecule has 21 heavy (non-hydrogen) atoms. The predicted molar refractivity (Wildman–Crippen MR) is 92.9 cm³/mol. The lowest BCUT2D eigenvalue weighted by Crippen LogP contribution is -2.23. The van der Waals surface area contributed by atoms with Crippen molar-refractivity contribution in [3.63, 3.8) is 0 Å². The van der Waals surface area contributed by atoms with Gasteiger partial charge in [0.15, 0.2) is 0 Å². The number of thiophene rings is 1. The molecule has 0 amide bonds. The summed E-state index contributed by atoms with van der Waals surface area (Å²) in [5.41, 5.74) is 1.28. The first-order valence-corrected chi connectivity index (χ1v) is 8.03. The first-order valence-electron chi connectivity index (χ1n) is 7.22. The Bertz CT molecular complexity index is 944. The van der Waals surface area contributed by atoms with E-state index in [9.17, 15) is 0 Å². The summed E-state index contributed by atoms with van der Waals surface area (Å²) in [7, 11) is 0. The second kappa shape index (κ2) is 4.71. The molecule has 0 nitrogen and oxygen atoms in total. The predicted octanol–water partition coefficient (Wildman–Crippen LogP) is 3.99. The Morgan fingerprint density at radius 2 is 1.67 bits per heavy atom. The largest absolute Gasteiger partial charge is 0.135 e. The molecule has 1 atom stereocenters. The van der Waals surface area contributed by atoms with Crippen LogP contribution in [-0.2, 0) is 5.41 Å². The van der Waals surface area contributed by atoms with Crippen molar-refractivity contribution < 1.29 is 0 Å². The molecule has 0 N–H and O–H groups in total. The zero-order chi connectivity index (χ0) is 14.3. The molecule has 0 radical (unpaired) electrons. The summed E-state index contributed by atoms with van der Waals surface area (Å²) in [6, 6.07) is 19.4. The topological polar surface area (TPSA) is 0 Å². The summed E-state index contributed by atoms with van der Waals surface area (Å²) in [6.07, 6.45) is 9.15. The monoisotopic (exact) mass is 288 g/mol. The van der Waals surface area contributed by atoms with Crippen molar-refractivity contribution in [1.82, 2.24) is 0 Å². The van der Waals surface area contributed by atoms with Crippen molar-refractivity contribution in [2.45, 2.75) is 12.3 Å². The van der Waals surface area contributed by atoms with Crippen LogP contribution in [0.1, 0.15) is 12.5 Å². The Morgan fingerprint density at radius 1 is 0.905 bits per heavy atom. The number of rotatable bonds is 1. The van der Waals surface area contributed by atoms with Crippen LogP contribution < -0.4 is 9.75 Å². The molecule has 102 valence electrons. The smallest absolute Gasteiger partial charge is 0.0355 e. The lowest BCUT2D eigenvalue weighted by molar-refractivity contribution is 0.806. The highest BCUT2D eigenvalue weighted by molar-refractivity contribution is 7.17. The molecule has 1 unspecified atom stereocenters. The third-order valence-corrected chi connectivity index (χ3v) is 5.33. The molecule has 4 rings (SSSR count). The van der Waals surface area contributed by atoms with Crippen molar-refractivity contribution >= 4 is 33.6 Å². The lowest BCUT2D eigenvalue weighted by Gasteiger charge is -2.21. The van der Waals surface area contributed by atoms with E-state index in [0.29, 0.717) is 0 Å². The van der Waals surface area contributed by atoms with Gasteiger partial charge in [-0.1, -0.05) is 72.8 Å². The Hall–Kier alpha value is -2.12. The van der Waals surface area contributed by atoms with Crippen LogP contribution in [-0.4, -0.2) is 0 Å². The number of allylic oxidation sites excluding steroid dienone is 2. The van der Waals surface area contributed by atoms with Crippen LogP contribution in [0.25, 0.3) is 22.2 Å². The molecule has 3 aromatic rings. The molecule has 2 aromatic carbocycles. The van der Waals surface area contributed by atoms with Gasteiger partial charge in [-0.2, -0.15) is 0 Å². The van der Waals surface area contributed by atoms with Crippen LogP contribution in [0.2, 0.25) is 0 Å². The highest BCUT2D eigenvalue weighted by Gasteiger charge is 2.21. The summed E-state index contributed by atoms with van der Waals surface area (Å²) in [5.74, 6) is 0. The van der Waals surface area contributed by atoms with Gasteiger partial charge in [0.2, 0.25) is 0 Å². The maximum atomic E-state index is 2.41. The van der Waals surface area contributed by atoms with Gasteiger partial charge in [0.05, 0.1) is 0 Å². The second-order valence-electron chi connectivity index (χ2n) is 5.69. The van der Waals surface area contributed by atoms with E-state index in [1.54, 1.807) is 0 Å². The van der Waals surface area contributed by atoms with Crippen molar-refractivity contribution in [3.8, 4) is 0 Å². The van der Waals surface area contributed by atoms with Gasteiger partial charge in [0.25, 0.3) is 0 Å². The maximum Gasteiger partial charge on any atom is 0.0355 e. The standard InChI is InChI=1S/C20H16S/c1-20(15-8-3-2-4-9-15)13-7-11-17-16-10-5-6-12-18(16)21-19(17)14-20/h2-14H,1H3. The van der Waals surface area contributed by atoms with E-state index in [4.69, 9.17) is 0 Å². The molecule has 0 bridgehead atoms. The van der Waals surface area contributed by atoms with Gasteiger partial charge < -0.3 is 0 Å². The van der Waals surface area contributed by atoms with Crippen molar-refractivity contribution in [2.75, 3.05) is 0 Å². The number of fused-ring (bicyclic) bond motifs is 3. The Morgan fingerprint density at radius 3 is 2.52 bits per heavy atom. The van der Waals surface area contributed by atoms with Crippen LogP contribution in [0.15, 0.2) is 66.7 Å². The number of hydrogen-bond acceptors (Lipinski definition) is 1. The molecule has 0 saturated heterocycles. The van der Waals surface area contributed by atoms with Crippen LogP contribution >= 0.6 is 11.3 Å². The van der Waals surface area contributed by atoms with Gasteiger partial charge in [0, 0.05) is 25.3 Å². The zero-order valence-corrected chi connectivity index (χ0v) is 12.7. The second-order valence-corrected chi connectivity index (χ2v) is 6.78. The van der Waals surface area contributed by atoms with Crippen molar-refractivity contribution in [2.24, 2.45) is 0 Å². The van der Waals surface area contributed by atoms with E-state index in [-0.39, 0.29) is 5.41 Å². The number of benzene rings is 2. The fourth-order valence-electron chi connectivity index (χ4n) is 3.00. The fourth-order valence-corrected chi connectivity index (χ4v) is 4.27. The minimum Gasteiger partial charge on any atom is -0.135 e. The summed E-state index contributed by atoms with van der Waals surface area (Å²) < 4.78 is 2.73. The Kier molecular flexibility index (Phi) is 2.83. The van der Waals surface area contributed by atoms with Gasteiger partial charge in [-0.25, -0.2) is 0 Å². The van der Waals surface area contributed by atoms with E-state index < -0.39 is 0 Å². The summed E-state index contributed by atoms with van der Waals surface area (Å²) in [5, 5.41) is 2.71. The third kappa shape index (κ3) is 2.05. The average molecular weight is 288 g/mol. The molecule has 0 fully saturated rings. The van der Waals surface area contributed by atoms with Gasteiger partial charge >= 0.3 is 0 Å². The van der Waals surface area contributed by atoms with Gasteiger partial charge in [0.1, 0.15) is 0 Å². The van der Waals surface area contributed by atoms with E-state index >= 15 is 0 Å². The highest BCUT2D eigenvalue weighted by Crippen LogP contribution is 2.28. The minimum atomic E-state index is -0.0517. The minimum absolute atomic E-state index is 0.0517. The molecule has 1 heteroatoms. The lowest BCUT2D eigenvalue weighted by atomic mass is 9.82. The van der Waals surface area contributed by atoms with Crippen LogP contribution in [0, 0.1) is 0 Å². The molecule has 1 aromatic heterocycles. The SMILES string of the molecule is CC1(c2ccccc2)C=CC=c2c(sc3ccccc23)=C1. The first-order chi connectivity index (χ1) is 10.3. The van der Waals surface area contributed by atoms with Crippen LogP contribution in [0.5, 0.6) is 0 Å². The van der Waals surface area contributed by atoms with Crippen LogP contribution in [0.3, 0.4) is 0 Å². The van der Waals surface area contributed by atoms with E-state index in [2.05, 4.69) is 85.8 Å². The van der Waals surface area contributed by atoms with Gasteiger partial charge in [-0.15, -0.1) is 11.3 Å². The van der Waals surface area contributed by atoms with Gasteiger partial charge in [-0.3, -0.25) is 0 Å². The van der Waals surface area contributed by atoms with E-state index in [0.717, 1.165) is 0 Å². The zero-order valence-electron chi connectivity index (χ0n) is 11.9. The van der Waals surface area contributed by atoms with Crippen molar-refractivity contribution in [1.29, 1.82) is 0 Å². The first kappa shape index (κ1) is 12.6. The summed E-state index contributed by atoms with van der Waals surface area (Å²) in [4.78, 5) is 0. The molecule has 0 spiro atoms. The van der Waals surface area contributed by atoms with E-state index in [1.807, 2.05) is 11.3 Å². The van der Waals surface area contributed by atoms with Crippen molar-refractivity contribution in [3.05, 3.63) is 82.1 Å². The molecule has 1 aliphatic rings. The maximum absolute atomic E-state index is 2.41. The molecule has 0 saturated carbocycles. The summed E-state index contributed by atoms with van der Waals surface area (Å²) >= 11 is 1.88. The highest BCUT2D eigenvalue weighted by atomic mass is 32.1. The summed E-state index contributed by atoms with van der Waals surface area (Å²) in [6.45, 7) is 2.28. The molecule has 0 aliphatic heterocycles. The van der Waals surface area contributed by atoms with Gasteiger partial charge in [-0.05, 0) is 18.6 Å². The normalized spacial score (nSPS) is 20.4. The third-order valence-electron chi connectivity index (χ3n) is 4.19. The molecule has 1 heterocycles. The van der Waals surface area contributed by atoms with E-state index in [1.165, 1.54) is 25.4 Å². The Balaban J connectivity index is 2.03. The average Bonchev–Trinajstić information content (AvgIpc) is 2.76.